The number of amides is 5. The van der Waals surface area contributed by atoms with Crippen molar-refractivity contribution in [3.63, 3.8) is 0 Å². The van der Waals surface area contributed by atoms with Crippen LogP contribution in [0.5, 0.6) is 0 Å². The van der Waals surface area contributed by atoms with E-state index in [-0.39, 0.29) is 61.2 Å². The largest absolute Gasteiger partial charge is 0.462 e. The summed E-state index contributed by atoms with van der Waals surface area (Å²) in [7, 11) is 6.80. The van der Waals surface area contributed by atoms with Crippen molar-refractivity contribution in [3.05, 3.63) is 143 Å². The number of nitrogens with one attached hydrogen (secondary N) is 2. The number of H-pyrrole nitrogens is 2. The normalized spacial score (nSPS) is 14.5. The number of aromatic amines is 2. The van der Waals surface area contributed by atoms with E-state index in [1.165, 1.54) is 75.6 Å². The van der Waals surface area contributed by atoms with Gasteiger partial charge in [-0.05, 0) is 97.8 Å². The molecule has 2 N–H and O–H groups in total. The third-order valence-electron chi connectivity index (χ3n) is 13.0. The van der Waals surface area contributed by atoms with Crippen molar-refractivity contribution in [3.8, 4) is 0 Å². The van der Waals surface area contributed by atoms with Crippen molar-refractivity contribution in [2.75, 3.05) is 64.3 Å². The Morgan fingerprint density at radius 1 is 0.575 bits per heavy atom. The Morgan fingerprint density at radius 2 is 0.959 bits per heavy atom. The van der Waals surface area contributed by atoms with Crippen LogP contribution < -0.4 is 9.80 Å². The van der Waals surface area contributed by atoms with Crippen LogP contribution in [0.1, 0.15) is 98.1 Å². The highest BCUT2D eigenvalue weighted by Crippen LogP contribution is 2.43. The number of carbonyl (C=O) groups excluding carboxylic acids is 6. The zero-order valence-electron chi connectivity index (χ0n) is 43.0. The second kappa shape index (κ2) is 20.9. The summed E-state index contributed by atoms with van der Waals surface area (Å²) >= 11 is 0. The van der Waals surface area contributed by atoms with E-state index >= 15 is 0 Å². The van der Waals surface area contributed by atoms with Gasteiger partial charge in [-0.15, -0.1) is 0 Å². The van der Waals surface area contributed by atoms with E-state index in [0.717, 1.165) is 38.6 Å². The molecule has 0 saturated heterocycles. The third kappa shape index (κ3) is 10.6. The van der Waals surface area contributed by atoms with Crippen LogP contribution in [0.2, 0.25) is 0 Å². The molecule has 2 aliphatic heterocycles. The molecule has 15 nitrogen and oxygen atoms in total. The van der Waals surface area contributed by atoms with Crippen molar-refractivity contribution in [1.29, 1.82) is 0 Å². The van der Waals surface area contributed by atoms with Gasteiger partial charge in [-0.1, -0.05) is 46.8 Å². The summed E-state index contributed by atoms with van der Waals surface area (Å²) in [6.45, 7) is 14.2. The van der Waals surface area contributed by atoms with Gasteiger partial charge in [-0.2, -0.15) is 0 Å². The van der Waals surface area contributed by atoms with Crippen LogP contribution in [0.25, 0.3) is 33.0 Å². The minimum absolute atomic E-state index is 0.00939. The predicted octanol–water partition coefficient (Wildman–Crippen LogP) is 9.78. The quantitative estimate of drug-likeness (QED) is 0.135. The first-order valence-electron chi connectivity index (χ1n) is 24.0. The fourth-order valence-electron chi connectivity index (χ4n) is 9.44. The molecular formula is C56H61F2N7O8. The van der Waals surface area contributed by atoms with Crippen LogP contribution in [0, 0.1) is 11.6 Å². The van der Waals surface area contributed by atoms with Crippen LogP contribution in [0.3, 0.4) is 0 Å². The molecular weight excluding hydrogens is 937 g/mol. The fraction of sp³-hybridized carbons (Fsp3) is 0.321. The Labute approximate surface area is 423 Å². The lowest BCUT2D eigenvalue weighted by atomic mass is 9.81. The minimum Gasteiger partial charge on any atom is -0.462 e. The Kier molecular flexibility index (Phi) is 15.1. The first-order chi connectivity index (χ1) is 34.5. The predicted molar refractivity (Wildman–Crippen MR) is 278 cm³/mol. The van der Waals surface area contributed by atoms with Crippen molar-refractivity contribution in [2.24, 2.45) is 0 Å². The molecule has 0 radical (unpaired) electrons. The number of carbonyl (C=O) groups is 6. The summed E-state index contributed by atoms with van der Waals surface area (Å²) in [5.74, 6) is -2.70. The molecule has 17 heteroatoms. The first-order valence-corrected chi connectivity index (χ1v) is 24.0. The Bertz CT molecular complexity index is 3200. The molecule has 4 heterocycles. The molecule has 382 valence electrons. The number of halogens is 2. The second-order valence-corrected chi connectivity index (χ2v) is 19.4. The van der Waals surface area contributed by atoms with E-state index in [2.05, 4.69) is 9.97 Å². The van der Waals surface area contributed by atoms with Crippen LogP contribution in [-0.2, 0) is 34.7 Å². The molecule has 0 fully saturated rings. The topological polar surface area (TPSA) is 169 Å². The molecule has 0 aliphatic carbocycles. The number of fused-ring (bicyclic) bond motifs is 6. The highest BCUT2D eigenvalue weighted by molar-refractivity contribution is 6.20. The molecule has 2 aromatic heterocycles. The molecule has 0 spiro atoms. The van der Waals surface area contributed by atoms with Crippen LogP contribution >= 0.6 is 0 Å². The van der Waals surface area contributed by atoms with Gasteiger partial charge in [0.1, 0.15) is 11.6 Å². The van der Waals surface area contributed by atoms with E-state index in [9.17, 15) is 37.5 Å². The van der Waals surface area contributed by atoms with Crippen LogP contribution in [0.4, 0.5) is 25.0 Å². The summed E-state index contributed by atoms with van der Waals surface area (Å²) in [5, 5.41) is 1.77. The average Bonchev–Trinajstić information content (AvgIpc) is 3.88. The molecule has 0 saturated carbocycles. The zero-order chi connectivity index (χ0) is 53.3. The fourth-order valence-corrected chi connectivity index (χ4v) is 9.44. The monoisotopic (exact) mass is 997 g/mol. The van der Waals surface area contributed by atoms with Gasteiger partial charge in [0.05, 0.1) is 35.7 Å². The standard InChI is InChI=1S/C28H31FN4O4.C28H30FN3O4/c1-7-37-26(35)21-15-33(25(34)17-8-10-18(29)11-9-17)16-28(2,3)23-20-13-12-19(14-22(20)30-24(21)23)32(6)27(36)31(4)5;1-6-23(33)31(5)19-12-13-20-22(14-19)30-25-21(27(35)36-7-2)15-32(16-28(3,4)24(20)25)26(34)17-8-10-18(29)11-9-17/h8-15,30H,7,16H2,1-6H3;8-15,30H,6-7,16H2,1-5H3. The SMILES string of the molecule is CCOC(=O)C1=CN(C(=O)c2ccc(F)cc2)CC(C)(C)c2c1[nH]c1cc(N(C)C(=O)CC)ccc21.CCOC(=O)C1=CN(C(=O)c2ccc(F)cc2)CC(C)(C)c2c1[nH]c1cc(N(C)C(=O)N(C)C)ccc21. The van der Waals surface area contributed by atoms with Gasteiger partial charge in [-0.25, -0.2) is 23.2 Å². The zero-order valence-corrected chi connectivity index (χ0v) is 43.0. The number of nitrogens with zero attached hydrogens (tertiary/aromatic N) is 5. The van der Waals surface area contributed by atoms with Crippen molar-refractivity contribution < 1.29 is 47.0 Å². The number of urea groups is 1. The summed E-state index contributed by atoms with van der Waals surface area (Å²) in [5.41, 5.74) is 5.74. The maximum absolute atomic E-state index is 13.5. The number of aromatic nitrogens is 2. The van der Waals surface area contributed by atoms with Gasteiger partial charge in [0.2, 0.25) is 5.91 Å². The lowest BCUT2D eigenvalue weighted by molar-refractivity contribution is -0.137. The summed E-state index contributed by atoms with van der Waals surface area (Å²) < 4.78 is 37.6. The first kappa shape index (κ1) is 52.7. The molecule has 0 bridgehead atoms. The number of anilines is 2. The lowest BCUT2D eigenvalue weighted by Gasteiger charge is -2.30. The van der Waals surface area contributed by atoms with Crippen molar-refractivity contribution in [2.45, 2.75) is 65.7 Å². The summed E-state index contributed by atoms with van der Waals surface area (Å²) in [4.78, 5) is 92.1. The number of rotatable bonds is 9. The summed E-state index contributed by atoms with van der Waals surface area (Å²) in [6, 6.07) is 21.8. The van der Waals surface area contributed by atoms with Gasteiger partial charge >= 0.3 is 18.0 Å². The average molecular weight is 998 g/mol. The minimum atomic E-state index is -0.582. The van der Waals surface area contributed by atoms with Gasteiger partial charge in [-0.3, -0.25) is 19.3 Å². The lowest BCUT2D eigenvalue weighted by Crippen LogP contribution is -2.37. The number of hydrogen-bond donors (Lipinski definition) is 2. The molecule has 6 aromatic rings. The molecule has 5 amide bonds. The number of ether oxygens (including phenoxy) is 2. The molecule has 0 unspecified atom stereocenters. The van der Waals surface area contributed by atoms with Crippen molar-refractivity contribution >= 4 is 80.0 Å². The number of esters is 2. The third-order valence-corrected chi connectivity index (χ3v) is 13.0. The van der Waals surface area contributed by atoms with Gasteiger partial charge in [0.15, 0.2) is 0 Å². The van der Waals surface area contributed by atoms with E-state index in [1.807, 2.05) is 71.0 Å². The highest BCUT2D eigenvalue weighted by Gasteiger charge is 2.39. The summed E-state index contributed by atoms with van der Waals surface area (Å²) in [6.07, 6.45) is 3.41. The molecule has 73 heavy (non-hydrogen) atoms. The van der Waals surface area contributed by atoms with Crippen molar-refractivity contribution in [1.82, 2.24) is 24.7 Å². The van der Waals surface area contributed by atoms with Crippen LogP contribution in [0.15, 0.2) is 97.3 Å². The Balaban J connectivity index is 0.000000214. The smallest absolute Gasteiger partial charge is 0.341 e. The maximum Gasteiger partial charge on any atom is 0.341 e. The molecule has 8 rings (SSSR count). The molecule has 0 atom stereocenters. The highest BCUT2D eigenvalue weighted by atomic mass is 19.1. The number of hydrogen-bond acceptors (Lipinski definition) is 8. The Morgan fingerprint density at radius 3 is 1.32 bits per heavy atom. The van der Waals surface area contributed by atoms with E-state index in [1.54, 1.807) is 51.8 Å². The Hall–Kier alpha value is -8.08. The van der Waals surface area contributed by atoms with E-state index < -0.39 is 34.4 Å². The molecule has 2 aliphatic rings. The number of benzene rings is 4. The van der Waals surface area contributed by atoms with E-state index in [0.29, 0.717) is 34.6 Å². The van der Waals surface area contributed by atoms with E-state index in [4.69, 9.17) is 9.47 Å². The second-order valence-electron chi connectivity index (χ2n) is 19.4. The maximum atomic E-state index is 13.5. The molecule has 4 aromatic carbocycles. The van der Waals surface area contributed by atoms with Crippen LogP contribution in [-0.4, -0.2) is 115 Å². The van der Waals surface area contributed by atoms with Gasteiger partial charge in [0.25, 0.3) is 11.8 Å². The van der Waals surface area contributed by atoms with Gasteiger partial charge in [0, 0.05) is 115 Å². The van der Waals surface area contributed by atoms with Gasteiger partial charge < -0.3 is 39.0 Å².